The molecule has 3 aliphatic heterocycles. The van der Waals surface area contributed by atoms with Gasteiger partial charge in [0.15, 0.2) is 0 Å². The first-order valence-corrected chi connectivity index (χ1v) is 4.01. The lowest BCUT2D eigenvalue weighted by molar-refractivity contribution is 0.00885. The Kier molecular flexibility index (Phi) is 0.854. The second kappa shape index (κ2) is 1.55. The van der Waals surface area contributed by atoms with Gasteiger partial charge in [0, 0.05) is 13.1 Å². The molecule has 0 saturated carbocycles. The average molecular weight is 140 g/mol. The van der Waals surface area contributed by atoms with Gasteiger partial charge in [-0.1, -0.05) is 0 Å². The van der Waals surface area contributed by atoms with Gasteiger partial charge in [-0.15, -0.1) is 0 Å². The molecule has 3 nitrogen and oxygen atoms in total. The lowest BCUT2D eigenvalue weighted by atomic mass is 10.1. The van der Waals surface area contributed by atoms with Gasteiger partial charge in [0.25, 0.3) is 0 Å². The lowest BCUT2D eigenvalue weighted by Gasteiger charge is -2.21. The summed E-state index contributed by atoms with van der Waals surface area (Å²) in [7, 11) is 0. The average Bonchev–Trinajstić information content (AvgIpc) is 2.44. The number of morpholine rings is 1. The summed E-state index contributed by atoms with van der Waals surface area (Å²) in [4.78, 5) is 2.48. The van der Waals surface area contributed by atoms with Crippen molar-refractivity contribution in [3.8, 4) is 0 Å². The van der Waals surface area contributed by atoms with Crippen LogP contribution in [0, 0.1) is 0 Å². The zero-order valence-corrected chi connectivity index (χ0v) is 5.86. The second-order valence-electron chi connectivity index (χ2n) is 3.56. The minimum Gasteiger partial charge on any atom is -0.370 e. The molecule has 0 aromatic heterocycles. The third-order valence-corrected chi connectivity index (χ3v) is 3.09. The molecule has 3 aliphatic rings. The molecule has 3 saturated heterocycles. The van der Waals surface area contributed by atoms with Crippen LogP contribution in [0.1, 0.15) is 6.42 Å². The molecule has 4 atom stereocenters. The number of hydrogen-bond acceptors (Lipinski definition) is 3. The van der Waals surface area contributed by atoms with Crippen LogP contribution in [-0.2, 0) is 4.74 Å². The van der Waals surface area contributed by atoms with Gasteiger partial charge in [-0.2, -0.15) is 0 Å². The van der Waals surface area contributed by atoms with E-state index >= 15 is 0 Å². The Morgan fingerprint density at radius 3 is 2.90 bits per heavy atom. The first kappa shape index (κ1) is 5.52. The summed E-state index contributed by atoms with van der Waals surface area (Å²) in [6.07, 6.45) is 2.04. The van der Waals surface area contributed by atoms with E-state index in [2.05, 4.69) is 4.90 Å². The van der Waals surface area contributed by atoms with Crippen LogP contribution in [0.5, 0.6) is 0 Å². The monoisotopic (exact) mass is 140 g/mol. The van der Waals surface area contributed by atoms with Gasteiger partial charge in [-0.05, 0) is 6.42 Å². The Hall–Kier alpha value is -0.120. The van der Waals surface area contributed by atoms with Gasteiger partial charge in [0.2, 0.25) is 0 Å². The molecule has 0 aromatic carbocycles. The number of fused-ring (bicyclic) bond motifs is 1. The first-order valence-electron chi connectivity index (χ1n) is 4.01. The molecule has 4 unspecified atom stereocenters. The van der Waals surface area contributed by atoms with Crippen LogP contribution >= 0.6 is 0 Å². The molecule has 0 spiro atoms. The molecular weight excluding hydrogens is 128 g/mol. The van der Waals surface area contributed by atoms with Crippen molar-refractivity contribution in [3.63, 3.8) is 0 Å². The largest absolute Gasteiger partial charge is 0.370 e. The molecule has 0 amide bonds. The van der Waals surface area contributed by atoms with Gasteiger partial charge >= 0.3 is 0 Å². The predicted molar refractivity (Wildman–Crippen MR) is 36.6 cm³/mol. The highest BCUT2D eigenvalue weighted by molar-refractivity contribution is 5.10. The van der Waals surface area contributed by atoms with Crippen LogP contribution in [-0.4, -0.2) is 42.3 Å². The van der Waals surface area contributed by atoms with Crippen molar-refractivity contribution < 1.29 is 4.74 Å². The van der Waals surface area contributed by atoms with Crippen LogP contribution in [0.4, 0.5) is 0 Å². The second-order valence-corrected chi connectivity index (χ2v) is 3.56. The van der Waals surface area contributed by atoms with Crippen molar-refractivity contribution in [1.82, 2.24) is 4.90 Å². The summed E-state index contributed by atoms with van der Waals surface area (Å²) in [5.74, 6) is 0. The van der Waals surface area contributed by atoms with Crippen LogP contribution in [0.25, 0.3) is 0 Å². The van der Waals surface area contributed by atoms with Crippen LogP contribution in [0.2, 0.25) is 0 Å². The fourth-order valence-electron chi connectivity index (χ4n) is 2.63. The van der Waals surface area contributed by atoms with Crippen molar-refractivity contribution in [2.45, 2.75) is 30.7 Å². The maximum atomic E-state index is 5.94. The van der Waals surface area contributed by atoms with E-state index in [0.29, 0.717) is 24.3 Å². The van der Waals surface area contributed by atoms with Gasteiger partial charge in [0.05, 0.1) is 24.3 Å². The van der Waals surface area contributed by atoms with Crippen LogP contribution in [0.15, 0.2) is 0 Å². The molecule has 10 heavy (non-hydrogen) atoms. The Bertz CT molecular complexity index is 156. The van der Waals surface area contributed by atoms with E-state index in [-0.39, 0.29) is 0 Å². The fraction of sp³-hybridized carbons (Fsp3) is 1.00. The molecule has 0 aromatic rings. The number of ether oxygens (including phenoxy) is 1. The van der Waals surface area contributed by atoms with Crippen LogP contribution in [0.3, 0.4) is 0 Å². The van der Waals surface area contributed by atoms with E-state index in [9.17, 15) is 0 Å². The van der Waals surface area contributed by atoms with E-state index in [0.717, 1.165) is 6.54 Å². The standard InChI is InChI=1S/C7H12N2O/c8-6-5-3-9-2-1-4(10-5)7(6)9/h4-7H,1-3,8H2. The van der Waals surface area contributed by atoms with Gasteiger partial charge < -0.3 is 10.5 Å². The van der Waals surface area contributed by atoms with E-state index in [1.165, 1.54) is 13.0 Å². The van der Waals surface area contributed by atoms with Crippen LogP contribution < -0.4 is 5.73 Å². The molecule has 0 radical (unpaired) electrons. The molecule has 56 valence electrons. The summed E-state index contributed by atoms with van der Waals surface area (Å²) in [6, 6.07) is 0.887. The Labute approximate surface area is 60.1 Å². The Balaban J connectivity index is 2.01. The van der Waals surface area contributed by atoms with Crippen molar-refractivity contribution in [1.29, 1.82) is 0 Å². The summed E-state index contributed by atoms with van der Waals surface area (Å²) in [6.45, 7) is 2.29. The predicted octanol–water partition coefficient (Wildman–Crippen LogP) is -0.831. The maximum Gasteiger partial charge on any atom is 0.0873 e. The Morgan fingerprint density at radius 2 is 2.30 bits per heavy atom. The highest BCUT2D eigenvalue weighted by Crippen LogP contribution is 2.38. The maximum absolute atomic E-state index is 5.94. The zero-order chi connectivity index (χ0) is 6.72. The van der Waals surface area contributed by atoms with Gasteiger partial charge in [-0.3, -0.25) is 4.90 Å². The highest BCUT2D eigenvalue weighted by atomic mass is 16.5. The number of nitrogens with two attached hydrogens (primary N) is 1. The smallest absolute Gasteiger partial charge is 0.0873 e. The third-order valence-electron chi connectivity index (χ3n) is 3.09. The summed E-state index contributed by atoms with van der Waals surface area (Å²) in [5, 5.41) is 0. The molecule has 0 aliphatic carbocycles. The fourth-order valence-corrected chi connectivity index (χ4v) is 2.63. The number of hydrogen-bond donors (Lipinski definition) is 1. The SMILES string of the molecule is NC1C2CN3CCC(O2)C13. The molecule has 2 bridgehead atoms. The first-order chi connectivity index (χ1) is 4.86. The zero-order valence-electron chi connectivity index (χ0n) is 5.86. The number of nitrogens with zero attached hydrogens (tertiary/aromatic N) is 1. The molecule has 3 heteroatoms. The highest BCUT2D eigenvalue weighted by Gasteiger charge is 2.55. The van der Waals surface area contributed by atoms with Gasteiger partial charge in [0.1, 0.15) is 0 Å². The van der Waals surface area contributed by atoms with Crippen molar-refractivity contribution >= 4 is 0 Å². The van der Waals surface area contributed by atoms with Crippen molar-refractivity contribution in [2.24, 2.45) is 5.73 Å². The minimum absolute atomic E-state index is 0.312. The summed E-state index contributed by atoms with van der Waals surface area (Å²) in [5.41, 5.74) is 5.94. The molecule has 3 heterocycles. The summed E-state index contributed by atoms with van der Waals surface area (Å²) < 4.78 is 5.70. The topological polar surface area (TPSA) is 38.5 Å². The molecular formula is C7H12N2O. The quantitative estimate of drug-likeness (QED) is 0.477. The van der Waals surface area contributed by atoms with E-state index in [4.69, 9.17) is 10.5 Å². The molecule has 2 N–H and O–H groups in total. The van der Waals surface area contributed by atoms with Gasteiger partial charge in [-0.25, -0.2) is 0 Å². The lowest BCUT2D eigenvalue weighted by Crippen LogP contribution is -2.38. The van der Waals surface area contributed by atoms with E-state index in [1.807, 2.05) is 0 Å². The van der Waals surface area contributed by atoms with Crippen molar-refractivity contribution in [3.05, 3.63) is 0 Å². The van der Waals surface area contributed by atoms with E-state index < -0.39 is 0 Å². The number of rotatable bonds is 0. The molecule has 3 rings (SSSR count). The third kappa shape index (κ3) is 0.447. The normalized spacial score (nSPS) is 58.5. The minimum atomic E-state index is 0.312. The summed E-state index contributed by atoms with van der Waals surface area (Å²) >= 11 is 0. The van der Waals surface area contributed by atoms with Crippen molar-refractivity contribution in [2.75, 3.05) is 13.1 Å². The Morgan fingerprint density at radius 1 is 1.40 bits per heavy atom. The molecule has 3 fully saturated rings. The van der Waals surface area contributed by atoms with E-state index in [1.54, 1.807) is 0 Å².